The minimum Gasteiger partial charge on any atom is -0.393 e. The van der Waals surface area contributed by atoms with Gasteiger partial charge in [0.15, 0.2) is 0 Å². The first-order chi connectivity index (χ1) is 8.58. The summed E-state index contributed by atoms with van der Waals surface area (Å²) < 4.78 is 0. The fraction of sp³-hybridized carbons (Fsp3) is 0.385. The van der Waals surface area contributed by atoms with Crippen molar-refractivity contribution in [2.24, 2.45) is 5.73 Å². The Kier molecular flexibility index (Phi) is 6.68. The van der Waals surface area contributed by atoms with Crippen molar-refractivity contribution < 1.29 is 4.79 Å². The van der Waals surface area contributed by atoms with Gasteiger partial charge < -0.3 is 11.1 Å². The number of benzene rings is 1. The molecular formula is C13H17ClN2OS. The maximum atomic E-state index is 11.6. The van der Waals surface area contributed by atoms with Gasteiger partial charge in [-0.15, -0.1) is 0 Å². The highest BCUT2D eigenvalue weighted by Gasteiger charge is 2.03. The molecule has 0 aliphatic rings. The zero-order chi connectivity index (χ0) is 13.4. The van der Waals surface area contributed by atoms with Gasteiger partial charge in [-0.3, -0.25) is 4.79 Å². The molecule has 0 spiro atoms. The lowest BCUT2D eigenvalue weighted by molar-refractivity contribution is -0.120. The normalized spacial score (nSPS) is 10.1. The maximum absolute atomic E-state index is 11.6. The summed E-state index contributed by atoms with van der Waals surface area (Å²) in [5, 5.41) is 3.51. The number of hydrogen-bond donors (Lipinski definition) is 2. The zero-order valence-electron chi connectivity index (χ0n) is 10.1. The number of amides is 1. The predicted molar refractivity (Wildman–Crippen MR) is 78.8 cm³/mol. The quantitative estimate of drug-likeness (QED) is 0.597. The number of nitrogens with two attached hydrogens (primary N) is 1. The Bertz CT molecular complexity index is 423. The van der Waals surface area contributed by atoms with Crippen molar-refractivity contribution >= 4 is 34.7 Å². The molecular weight excluding hydrogens is 268 g/mol. The van der Waals surface area contributed by atoms with Crippen LogP contribution in [0, 0.1) is 0 Å². The van der Waals surface area contributed by atoms with E-state index in [9.17, 15) is 4.79 Å². The van der Waals surface area contributed by atoms with Gasteiger partial charge in [-0.05, 0) is 37.0 Å². The van der Waals surface area contributed by atoms with Crippen LogP contribution in [0.5, 0.6) is 0 Å². The summed E-state index contributed by atoms with van der Waals surface area (Å²) in [5.74, 6) is 0.00703. The van der Waals surface area contributed by atoms with Crippen molar-refractivity contribution in [3.63, 3.8) is 0 Å². The molecule has 1 aromatic rings. The highest BCUT2D eigenvalue weighted by atomic mass is 35.5. The average molecular weight is 285 g/mol. The maximum Gasteiger partial charge on any atom is 0.224 e. The Morgan fingerprint density at radius 3 is 2.83 bits per heavy atom. The molecule has 1 amide bonds. The fourth-order valence-electron chi connectivity index (χ4n) is 1.55. The van der Waals surface area contributed by atoms with Crippen LogP contribution in [0.15, 0.2) is 24.3 Å². The molecule has 0 saturated carbocycles. The van der Waals surface area contributed by atoms with Crippen molar-refractivity contribution in [1.29, 1.82) is 0 Å². The smallest absolute Gasteiger partial charge is 0.224 e. The number of rotatable bonds is 7. The minimum absolute atomic E-state index is 0.00703. The van der Waals surface area contributed by atoms with Gasteiger partial charge in [-0.25, -0.2) is 0 Å². The summed E-state index contributed by atoms with van der Waals surface area (Å²) in [6, 6.07) is 7.32. The predicted octanol–water partition coefficient (Wildman–Crippen LogP) is 2.46. The SMILES string of the molecule is NC(=S)CCCCNC(=O)Cc1cccc(Cl)c1. The van der Waals surface area contributed by atoms with E-state index in [1.807, 2.05) is 12.1 Å². The average Bonchev–Trinajstić information content (AvgIpc) is 2.28. The van der Waals surface area contributed by atoms with Gasteiger partial charge in [-0.1, -0.05) is 36.0 Å². The minimum atomic E-state index is 0.00703. The first-order valence-electron chi connectivity index (χ1n) is 5.87. The molecule has 0 atom stereocenters. The Morgan fingerprint density at radius 2 is 2.17 bits per heavy atom. The molecule has 0 radical (unpaired) electrons. The monoisotopic (exact) mass is 284 g/mol. The van der Waals surface area contributed by atoms with Crippen molar-refractivity contribution in [3.8, 4) is 0 Å². The van der Waals surface area contributed by atoms with Crippen LogP contribution in [0.3, 0.4) is 0 Å². The summed E-state index contributed by atoms with van der Waals surface area (Å²) >= 11 is 10.6. The molecule has 18 heavy (non-hydrogen) atoms. The number of nitrogens with one attached hydrogen (secondary N) is 1. The standard InChI is InChI=1S/C13H17ClN2OS/c14-11-5-3-4-10(8-11)9-13(17)16-7-2-1-6-12(15)18/h3-5,8H,1-2,6-7,9H2,(H2,15,18)(H,16,17). The van der Waals surface area contributed by atoms with Crippen LogP contribution < -0.4 is 11.1 Å². The third-order valence-electron chi connectivity index (χ3n) is 2.43. The van der Waals surface area contributed by atoms with E-state index in [4.69, 9.17) is 29.6 Å². The lowest BCUT2D eigenvalue weighted by atomic mass is 10.1. The molecule has 1 rings (SSSR count). The fourth-order valence-corrected chi connectivity index (χ4v) is 1.90. The van der Waals surface area contributed by atoms with E-state index in [0.717, 1.165) is 24.8 Å². The van der Waals surface area contributed by atoms with Crippen LogP contribution in [0.4, 0.5) is 0 Å². The van der Waals surface area contributed by atoms with E-state index < -0.39 is 0 Å². The lowest BCUT2D eigenvalue weighted by Gasteiger charge is -2.05. The van der Waals surface area contributed by atoms with Gasteiger partial charge in [0.2, 0.25) is 5.91 Å². The molecule has 0 aliphatic heterocycles. The largest absolute Gasteiger partial charge is 0.393 e. The van der Waals surface area contributed by atoms with E-state index in [0.29, 0.717) is 23.0 Å². The van der Waals surface area contributed by atoms with Crippen molar-refractivity contribution in [1.82, 2.24) is 5.32 Å². The summed E-state index contributed by atoms with van der Waals surface area (Å²) in [4.78, 5) is 12.1. The molecule has 0 saturated heterocycles. The topological polar surface area (TPSA) is 55.1 Å². The first kappa shape index (κ1) is 14.9. The molecule has 0 bridgehead atoms. The Hall–Kier alpha value is -1.13. The van der Waals surface area contributed by atoms with Crippen LogP contribution in [-0.2, 0) is 11.2 Å². The summed E-state index contributed by atoms with van der Waals surface area (Å²) in [7, 11) is 0. The van der Waals surface area contributed by atoms with Crippen molar-refractivity contribution in [2.45, 2.75) is 25.7 Å². The van der Waals surface area contributed by atoms with E-state index in [-0.39, 0.29) is 5.91 Å². The van der Waals surface area contributed by atoms with Gasteiger partial charge in [0.25, 0.3) is 0 Å². The van der Waals surface area contributed by atoms with E-state index in [1.54, 1.807) is 12.1 Å². The van der Waals surface area contributed by atoms with Crippen LogP contribution in [0.2, 0.25) is 5.02 Å². The number of thiocarbonyl (C=S) groups is 1. The Labute approximate surface area is 118 Å². The molecule has 5 heteroatoms. The third-order valence-corrected chi connectivity index (χ3v) is 2.87. The van der Waals surface area contributed by atoms with Crippen LogP contribution in [0.1, 0.15) is 24.8 Å². The second-order valence-electron chi connectivity index (χ2n) is 4.08. The van der Waals surface area contributed by atoms with Crippen molar-refractivity contribution in [3.05, 3.63) is 34.9 Å². The van der Waals surface area contributed by atoms with Crippen LogP contribution in [0.25, 0.3) is 0 Å². The molecule has 0 fully saturated rings. The second kappa shape index (κ2) is 8.06. The molecule has 0 heterocycles. The number of hydrogen-bond acceptors (Lipinski definition) is 2. The lowest BCUT2D eigenvalue weighted by Crippen LogP contribution is -2.26. The number of halogens is 1. The molecule has 98 valence electrons. The molecule has 3 nitrogen and oxygen atoms in total. The Balaban J connectivity index is 2.20. The summed E-state index contributed by atoms with van der Waals surface area (Å²) in [5.41, 5.74) is 6.30. The number of carbonyl (C=O) groups excluding carboxylic acids is 1. The second-order valence-corrected chi connectivity index (χ2v) is 5.04. The highest BCUT2D eigenvalue weighted by molar-refractivity contribution is 7.80. The molecule has 0 aromatic heterocycles. The zero-order valence-corrected chi connectivity index (χ0v) is 11.7. The van der Waals surface area contributed by atoms with E-state index >= 15 is 0 Å². The van der Waals surface area contributed by atoms with Crippen LogP contribution >= 0.6 is 23.8 Å². The molecule has 1 aromatic carbocycles. The Morgan fingerprint density at radius 1 is 1.39 bits per heavy atom. The van der Waals surface area contributed by atoms with Gasteiger partial charge in [0.1, 0.15) is 0 Å². The molecule has 0 aliphatic carbocycles. The highest BCUT2D eigenvalue weighted by Crippen LogP contribution is 2.10. The van der Waals surface area contributed by atoms with Gasteiger partial charge >= 0.3 is 0 Å². The van der Waals surface area contributed by atoms with E-state index in [1.165, 1.54) is 0 Å². The van der Waals surface area contributed by atoms with Gasteiger partial charge in [-0.2, -0.15) is 0 Å². The van der Waals surface area contributed by atoms with E-state index in [2.05, 4.69) is 5.32 Å². The first-order valence-corrected chi connectivity index (χ1v) is 6.66. The molecule has 0 unspecified atom stereocenters. The molecule has 3 N–H and O–H groups in total. The van der Waals surface area contributed by atoms with Gasteiger partial charge in [0.05, 0.1) is 11.4 Å². The summed E-state index contributed by atoms with van der Waals surface area (Å²) in [6.07, 6.45) is 2.89. The van der Waals surface area contributed by atoms with Gasteiger partial charge in [0, 0.05) is 11.6 Å². The summed E-state index contributed by atoms with van der Waals surface area (Å²) in [6.45, 7) is 0.655. The number of unbranched alkanes of at least 4 members (excludes halogenated alkanes) is 1. The van der Waals surface area contributed by atoms with Crippen LogP contribution in [-0.4, -0.2) is 17.4 Å². The van der Waals surface area contributed by atoms with Crippen molar-refractivity contribution in [2.75, 3.05) is 6.54 Å². The number of carbonyl (C=O) groups is 1. The third kappa shape index (κ3) is 6.57.